The highest BCUT2D eigenvalue weighted by atomic mass is 35.5. The minimum absolute atomic E-state index is 0.0119. The number of carbonyl (C=O) groups is 1. The van der Waals surface area contributed by atoms with Crippen molar-refractivity contribution in [3.05, 3.63) is 66.0 Å². The number of hydrogen-bond acceptors (Lipinski definition) is 2. The molecule has 0 saturated carbocycles. The molecule has 0 N–H and O–H groups in total. The summed E-state index contributed by atoms with van der Waals surface area (Å²) in [5, 5.41) is -0.617. The second kappa shape index (κ2) is 6.27. The molecule has 4 heteroatoms. The lowest BCUT2D eigenvalue weighted by molar-refractivity contribution is -0.131. The first-order valence-corrected chi connectivity index (χ1v) is 7.60. The van der Waals surface area contributed by atoms with Crippen molar-refractivity contribution in [3.63, 3.8) is 0 Å². The Kier molecular flexibility index (Phi) is 4.20. The first-order valence-electron chi connectivity index (χ1n) is 7.17. The second-order valence-corrected chi connectivity index (χ2v) is 5.68. The quantitative estimate of drug-likeness (QED) is 0.809. The molecule has 2 atom stereocenters. The lowest BCUT2D eigenvalue weighted by atomic mass is 10.1. The van der Waals surface area contributed by atoms with Gasteiger partial charge in [-0.1, -0.05) is 30.3 Å². The molecule has 1 saturated heterocycles. The summed E-state index contributed by atoms with van der Waals surface area (Å²) in [6, 6.07) is 13.6. The molecule has 1 aliphatic rings. The van der Waals surface area contributed by atoms with E-state index in [1.54, 1.807) is 12.4 Å². The van der Waals surface area contributed by atoms with Crippen LogP contribution in [0.15, 0.2) is 54.9 Å². The summed E-state index contributed by atoms with van der Waals surface area (Å²) in [7, 11) is 0. The minimum atomic E-state index is -0.617. The summed E-state index contributed by atoms with van der Waals surface area (Å²) < 4.78 is 0. The molecule has 1 aromatic carbocycles. The summed E-state index contributed by atoms with van der Waals surface area (Å²) >= 11 is 6.39. The van der Waals surface area contributed by atoms with Gasteiger partial charge in [-0.15, -0.1) is 11.6 Å². The predicted molar refractivity (Wildman–Crippen MR) is 83.0 cm³/mol. The highest BCUT2D eigenvalue weighted by molar-refractivity contribution is 6.30. The minimum Gasteiger partial charge on any atom is -0.334 e. The van der Waals surface area contributed by atoms with Gasteiger partial charge in [-0.3, -0.25) is 9.78 Å². The van der Waals surface area contributed by atoms with E-state index in [9.17, 15) is 4.79 Å². The van der Waals surface area contributed by atoms with Gasteiger partial charge >= 0.3 is 0 Å². The number of rotatable bonds is 3. The van der Waals surface area contributed by atoms with Crippen LogP contribution in [0.3, 0.4) is 0 Å². The Morgan fingerprint density at radius 1 is 1.19 bits per heavy atom. The molecule has 2 unspecified atom stereocenters. The number of carbonyl (C=O) groups excluding carboxylic acids is 1. The molecule has 0 bridgehead atoms. The van der Waals surface area contributed by atoms with Crippen LogP contribution in [-0.4, -0.2) is 22.3 Å². The number of alkyl halides is 1. The number of amides is 1. The molecule has 0 spiro atoms. The molecule has 3 nitrogen and oxygen atoms in total. The van der Waals surface area contributed by atoms with Gasteiger partial charge in [-0.25, -0.2) is 0 Å². The fourth-order valence-corrected chi connectivity index (χ4v) is 3.14. The smallest absolute Gasteiger partial charge is 0.245 e. The molecule has 108 valence electrons. The van der Waals surface area contributed by atoms with Gasteiger partial charge in [0.1, 0.15) is 5.38 Å². The fraction of sp³-hybridized carbons (Fsp3) is 0.294. The topological polar surface area (TPSA) is 33.2 Å². The van der Waals surface area contributed by atoms with Crippen LogP contribution in [0.2, 0.25) is 0 Å². The molecular formula is C17H17ClN2O. The molecule has 1 aromatic heterocycles. The summed E-state index contributed by atoms with van der Waals surface area (Å²) in [6.45, 7) is 0.766. The molecule has 2 aromatic rings. The van der Waals surface area contributed by atoms with Crippen molar-refractivity contribution in [2.75, 3.05) is 6.54 Å². The molecular weight excluding hydrogens is 284 g/mol. The van der Waals surface area contributed by atoms with Gasteiger partial charge < -0.3 is 4.90 Å². The van der Waals surface area contributed by atoms with E-state index in [1.165, 1.54) is 0 Å². The van der Waals surface area contributed by atoms with Crippen molar-refractivity contribution >= 4 is 17.5 Å². The Morgan fingerprint density at radius 2 is 1.90 bits per heavy atom. The van der Waals surface area contributed by atoms with Crippen molar-refractivity contribution in [2.24, 2.45) is 0 Å². The van der Waals surface area contributed by atoms with Crippen molar-refractivity contribution < 1.29 is 4.79 Å². The molecule has 0 radical (unpaired) electrons. The van der Waals surface area contributed by atoms with E-state index < -0.39 is 5.38 Å². The first-order chi connectivity index (χ1) is 10.3. The Labute approximate surface area is 129 Å². The van der Waals surface area contributed by atoms with E-state index in [0.717, 1.165) is 30.5 Å². The maximum absolute atomic E-state index is 12.7. The molecule has 0 aliphatic carbocycles. The Balaban J connectivity index is 1.81. The Hall–Kier alpha value is -1.87. The normalized spacial score (nSPS) is 19.5. The number of aromatic nitrogens is 1. The Bertz CT molecular complexity index is 603. The van der Waals surface area contributed by atoms with Crippen LogP contribution in [0.1, 0.15) is 35.4 Å². The van der Waals surface area contributed by atoms with Crippen molar-refractivity contribution in [1.82, 2.24) is 9.88 Å². The summed E-state index contributed by atoms with van der Waals surface area (Å²) in [5.41, 5.74) is 1.98. The van der Waals surface area contributed by atoms with Crippen LogP contribution >= 0.6 is 11.6 Å². The Morgan fingerprint density at radius 3 is 2.62 bits per heavy atom. The molecule has 21 heavy (non-hydrogen) atoms. The van der Waals surface area contributed by atoms with Gasteiger partial charge in [0.2, 0.25) is 5.91 Å². The van der Waals surface area contributed by atoms with E-state index in [0.29, 0.717) is 0 Å². The SMILES string of the molecule is O=C(C(Cl)c1ccccc1)N1CCCC1c1ccncc1. The van der Waals surface area contributed by atoms with E-state index in [2.05, 4.69) is 4.98 Å². The summed E-state index contributed by atoms with van der Waals surface area (Å²) in [6.07, 6.45) is 5.53. The van der Waals surface area contributed by atoms with Crippen LogP contribution < -0.4 is 0 Å². The molecule has 2 heterocycles. The van der Waals surface area contributed by atoms with Crippen LogP contribution in [-0.2, 0) is 4.79 Å². The van der Waals surface area contributed by atoms with Crippen molar-refractivity contribution in [2.45, 2.75) is 24.3 Å². The van der Waals surface area contributed by atoms with E-state index in [1.807, 2.05) is 47.4 Å². The zero-order valence-electron chi connectivity index (χ0n) is 11.7. The van der Waals surface area contributed by atoms with Crippen LogP contribution in [0, 0.1) is 0 Å². The van der Waals surface area contributed by atoms with Gasteiger partial charge in [-0.2, -0.15) is 0 Å². The first kappa shape index (κ1) is 14.1. The fourth-order valence-electron chi connectivity index (χ4n) is 2.87. The maximum Gasteiger partial charge on any atom is 0.245 e. The third-order valence-corrected chi connectivity index (χ3v) is 4.37. The summed E-state index contributed by atoms with van der Waals surface area (Å²) in [4.78, 5) is 18.7. The number of benzene rings is 1. The maximum atomic E-state index is 12.7. The third kappa shape index (κ3) is 2.93. The average molecular weight is 301 g/mol. The highest BCUT2D eigenvalue weighted by Crippen LogP contribution is 2.35. The number of nitrogens with zero attached hydrogens (tertiary/aromatic N) is 2. The number of hydrogen-bond donors (Lipinski definition) is 0. The lowest BCUT2D eigenvalue weighted by Gasteiger charge is -2.27. The van der Waals surface area contributed by atoms with E-state index in [4.69, 9.17) is 11.6 Å². The van der Waals surface area contributed by atoms with E-state index >= 15 is 0 Å². The largest absolute Gasteiger partial charge is 0.334 e. The van der Waals surface area contributed by atoms with Crippen LogP contribution in [0.5, 0.6) is 0 Å². The zero-order valence-corrected chi connectivity index (χ0v) is 12.4. The van der Waals surface area contributed by atoms with Gasteiger partial charge in [0.25, 0.3) is 0 Å². The third-order valence-electron chi connectivity index (χ3n) is 3.94. The van der Waals surface area contributed by atoms with E-state index in [-0.39, 0.29) is 11.9 Å². The zero-order chi connectivity index (χ0) is 14.7. The van der Waals surface area contributed by atoms with Crippen LogP contribution in [0.4, 0.5) is 0 Å². The van der Waals surface area contributed by atoms with Gasteiger partial charge in [-0.05, 0) is 36.1 Å². The average Bonchev–Trinajstić information content (AvgIpc) is 3.04. The lowest BCUT2D eigenvalue weighted by Crippen LogP contribution is -2.33. The molecule has 1 fully saturated rings. The van der Waals surface area contributed by atoms with Gasteiger partial charge in [0.05, 0.1) is 6.04 Å². The van der Waals surface area contributed by atoms with Crippen molar-refractivity contribution in [3.8, 4) is 0 Å². The molecule has 3 rings (SSSR count). The van der Waals surface area contributed by atoms with Crippen molar-refractivity contribution in [1.29, 1.82) is 0 Å². The van der Waals surface area contributed by atoms with Gasteiger partial charge in [0.15, 0.2) is 0 Å². The second-order valence-electron chi connectivity index (χ2n) is 5.24. The standard InChI is InChI=1S/C17H17ClN2O/c18-16(14-5-2-1-3-6-14)17(21)20-12-4-7-15(20)13-8-10-19-11-9-13/h1-3,5-6,8-11,15-16H,4,7,12H2. The summed E-state index contributed by atoms with van der Waals surface area (Å²) in [5.74, 6) is -0.0119. The molecule has 1 aliphatic heterocycles. The highest BCUT2D eigenvalue weighted by Gasteiger charge is 2.33. The number of pyridine rings is 1. The number of likely N-dealkylation sites (tertiary alicyclic amines) is 1. The van der Waals surface area contributed by atoms with Gasteiger partial charge in [0, 0.05) is 18.9 Å². The molecule has 1 amide bonds. The number of halogens is 1. The monoisotopic (exact) mass is 300 g/mol. The predicted octanol–water partition coefficient (Wildman–Crippen LogP) is 3.73. The van der Waals surface area contributed by atoms with Crippen LogP contribution in [0.25, 0.3) is 0 Å².